The second-order valence-corrected chi connectivity index (χ2v) is 13.5. The summed E-state index contributed by atoms with van der Waals surface area (Å²) in [7, 11) is 0. The van der Waals surface area contributed by atoms with Gasteiger partial charge in [-0.2, -0.15) is 0 Å². The van der Waals surface area contributed by atoms with Crippen LogP contribution in [0.25, 0.3) is 0 Å². The zero-order chi connectivity index (χ0) is 38.5. The Morgan fingerprint density at radius 1 is 0.519 bits per heavy atom. The molecule has 0 saturated heterocycles. The van der Waals surface area contributed by atoms with Crippen LogP contribution in [0.4, 0.5) is 0 Å². The van der Waals surface area contributed by atoms with Crippen LogP contribution in [0.5, 0.6) is 5.75 Å². The molecule has 0 bridgehead atoms. The summed E-state index contributed by atoms with van der Waals surface area (Å²) in [4.78, 5) is 59.6. The maximum Gasteiger partial charge on any atom is 0.305 e. The summed E-state index contributed by atoms with van der Waals surface area (Å²) in [6, 6.07) is 15.9. The van der Waals surface area contributed by atoms with Crippen molar-refractivity contribution in [1.82, 2.24) is 0 Å². The molecule has 0 N–H and O–H groups in total. The van der Waals surface area contributed by atoms with E-state index in [0.29, 0.717) is 42.6 Å². The van der Waals surface area contributed by atoms with E-state index in [-0.39, 0.29) is 55.9 Å². The van der Waals surface area contributed by atoms with Crippen molar-refractivity contribution >= 4 is 29.5 Å². The van der Waals surface area contributed by atoms with Gasteiger partial charge in [0.15, 0.2) is 11.6 Å². The van der Waals surface area contributed by atoms with E-state index < -0.39 is 5.41 Å². The summed E-state index contributed by atoms with van der Waals surface area (Å²) >= 11 is 0. The number of hydrogen-bond acceptors (Lipinski definition) is 9. The van der Waals surface area contributed by atoms with E-state index in [1.54, 1.807) is 36.4 Å². The molecule has 0 aromatic heterocycles. The summed E-state index contributed by atoms with van der Waals surface area (Å²) in [5, 5.41) is 0. The fraction of sp³-hybridized carbons (Fsp3) is 0.605. The predicted octanol–water partition coefficient (Wildman–Crippen LogP) is 9.81. The van der Waals surface area contributed by atoms with Crippen molar-refractivity contribution in [2.45, 2.75) is 137 Å². The maximum atomic E-state index is 12.2. The first-order chi connectivity index (χ1) is 25.1. The molecule has 290 valence electrons. The van der Waals surface area contributed by atoms with Gasteiger partial charge in [-0.05, 0) is 56.9 Å². The molecule has 0 radical (unpaired) electrons. The molecule has 0 amide bonds. The minimum absolute atomic E-state index is 0.0290. The van der Waals surface area contributed by atoms with Crippen LogP contribution in [0, 0.1) is 5.41 Å². The average molecular weight is 725 g/mol. The van der Waals surface area contributed by atoms with Gasteiger partial charge in [0.25, 0.3) is 0 Å². The lowest BCUT2D eigenvalue weighted by molar-refractivity contribution is -0.162. The molecule has 9 nitrogen and oxygen atoms in total. The first-order valence-electron chi connectivity index (χ1n) is 19.4. The fourth-order valence-electron chi connectivity index (χ4n) is 5.08. The number of ether oxygens (including phenoxy) is 4. The van der Waals surface area contributed by atoms with Gasteiger partial charge in [-0.15, -0.1) is 0 Å². The molecule has 0 unspecified atom stereocenters. The summed E-state index contributed by atoms with van der Waals surface area (Å²) < 4.78 is 21.9. The molecule has 0 atom stereocenters. The Bertz CT molecular complexity index is 1220. The Morgan fingerprint density at radius 3 is 1.29 bits per heavy atom. The molecule has 2 aromatic rings. The highest BCUT2D eigenvalue weighted by atomic mass is 16.6. The van der Waals surface area contributed by atoms with Crippen molar-refractivity contribution < 1.29 is 42.9 Å². The van der Waals surface area contributed by atoms with E-state index in [0.717, 1.165) is 77.0 Å². The highest BCUT2D eigenvalue weighted by Crippen LogP contribution is 2.26. The van der Waals surface area contributed by atoms with Crippen LogP contribution in [0.3, 0.4) is 0 Å². The normalized spacial score (nSPS) is 10.8. The first-order valence-corrected chi connectivity index (χ1v) is 19.4. The third-order valence-corrected chi connectivity index (χ3v) is 8.67. The Morgan fingerprint density at radius 2 is 0.923 bits per heavy atom. The largest absolute Gasteiger partial charge is 0.486 e. The van der Waals surface area contributed by atoms with Gasteiger partial charge in [0.05, 0.1) is 5.41 Å². The van der Waals surface area contributed by atoms with Crippen molar-refractivity contribution in [2.24, 2.45) is 5.41 Å². The van der Waals surface area contributed by atoms with Gasteiger partial charge in [0.1, 0.15) is 32.2 Å². The van der Waals surface area contributed by atoms with Crippen LogP contribution in [-0.4, -0.2) is 55.9 Å². The van der Waals surface area contributed by atoms with Crippen molar-refractivity contribution in [3.05, 3.63) is 65.7 Å². The quantitative estimate of drug-likeness (QED) is 0.0383. The number of carbonyl (C=O) groups excluding carboxylic acids is 5. The monoisotopic (exact) mass is 724 g/mol. The Hall–Kier alpha value is -4.01. The minimum atomic E-state index is -0.711. The van der Waals surface area contributed by atoms with E-state index >= 15 is 0 Å². The number of unbranched alkanes of at least 4 members (excludes halogenated alkanes) is 9. The van der Waals surface area contributed by atoms with Crippen LogP contribution in [0.2, 0.25) is 0 Å². The molecule has 2 aromatic carbocycles. The molecule has 0 fully saturated rings. The number of benzene rings is 2. The van der Waals surface area contributed by atoms with Crippen molar-refractivity contribution in [3.63, 3.8) is 0 Å². The van der Waals surface area contributed by atoms with Gasteiger partial charge in [0, 0.05) is 30.4 Å². The Labute approximate surface area is 312 Å². The molecule has 0 heterocycles. The van der Waals surface area contributed by atoms with Gasteiger partial charge < -0.3 is 18.9 Å². The molecular weight excluding hydrogens is 660 g/mol. The average Bonchev–Trinajstić information content (AvgIpc) is 3.16. The maximum absolute atomic E-state index is 12.2. The number of rotatable bonds is 27. The van der Waals surface area contributed by atoms with Crippen LogP contribution in [-0.2, 0) is 33.4 Å². The molecule has 0 aliphatic carbocycles. The standard InChI is InChI=1S/C27H50O6.C16H14O3/c1-5-9-12-15-18-24(28)31-21-27(8-4,22-32-25(29)19-16-13-10-6-2)23-33-26(30)20-17-14-11-7-3;1-12(17)11-19-15-9-7-14(8-10-15)16(18)13-5-3-2-4-6-13/h5-23H2,1-4H3;2-10H,11H2,1H3. The third kappa shape index (κ3) is 21.4. The van der Waals surface area contributed by atoms with E-state index in [4.69, 9.17) is 18.9 Å². The predicted molar refractivity (Wildman–Crippen MR) is 204 cm³/mol. The molecular formula is C43H64O9. The Balaban J connectivity index is 0.000000595. The highest BCUT2D eigenvalue weighted by Gasteiger charge is 2.34. The number of carbonyl (C=O) groups is 5. The second-order valence-electron chi connectivity index (χ2n) is 13.5. The third-order valence-electron chi connectivity index (χ3n) is 8.67. The number of esters is 3. The molecule has 52 heavy (non-hydrogen) atoms. The SMILES string of the molecule is CC(=O)COc1ccc(C(=O)c2ccccc2)cc1.CCCCCCC(=O)OCC(CC)(COC(=O)CCCCCC)COC(=O)CCCCCC. The van der Waals surface area contributed by atoms with Crippen LogP contribution >= 0.6 is 0 Å². The summed E-state index contributed by atoms with van der Waals surface area (Å²) in [5.41, 5.74) is 0.540. The lowest BCUT2D eigenvalue weighted by Gasteiger charge is -2.31. The van der Waals surface area contributed by atoms with Gasteiger partial charge in [-0.3, -0.25) is 24.0 Å². The van der Waals surface area contributed by atoms with Crippen molar-refractivity contribution in [2.75, 3.05) is 26.4 Å². The fourth-order valence-corrected chi connectivity index (χ4v) is 5.08. The van der Waals surface area contributed by atoms with E-state index in [2.05, 4.69) is 20.8 Å². The van der Waals surface area contributed by atoms with Gasteiger partial charge >= 0.3 is 17.9 Å². The number of Topliss-reactive ketones (excluding diaryl/α,β-unsaturated/α-hetero) is 1. The number of ketones is 2. The zero-order valence-corrected chi connectivity index (χ0v) is 32.5. The van der Waals surface area contributed by atoms with Crippen molar-refractivity contribution in [1.29, 1.82) is 0 Å². The molecule has 0 aliphatic heterocycles. The summed E-state index contributed by atoms with van der Waals surface area (Å²) in [6.07, 6.45) is 13.8. The van der Waals surface area contributed by atoms with Crippen LogP contribution < -0.4 is 4.74 Å². The summed E-state index contributed by atoms with van der Waals surface area (Å²) in [5.74, 6) is -0.231. The highest BCUT2D eigenvalue weighted by molar-refractivity contribution is 6.09. The van der Waals surface area contributed by atoms with Crippen LogP contribution in [0.1, 0.15) is 153 Å². The topological polar surface area (TPSA) is 122 Å². The van der Waals surface area contributed by atoms with Gasteiger partial charge in [0.2, 0.25) is 0 Å². The minimum Gasteiger partial charge on any atom is -0.486 e. The summed E-state index contributed by atoms with van der Waals surface area (Å²) in [6.45, 7) is 10.1. The molecule has 9 heteroatoms. The lowest BCUT2D eigenvalue weighted by atomic mass is 9.88. The van der Waals surface area contributed by atoms with E-state index in [1.807, 2.05) is 25.1 Å². The molecule has 0 aliphatic rings. The first kappa shape index (κ1) is 46.0. The Kier molecular flexibility index (Phi) is 25.3. The van der Waals surface area contributed by atoms with Crippen molar-refractivity contribution in [3.8, 4) is 5.75 Å². The smallest absolute Gasteiger partial charge is 0.305 e. The molecule has 0 saturated carbocycles. The van der Waals surface area contributed by atoms with E-state index in [9.17, 15) is 24.0 Å². The molecule has 2 rings (SSSR count). The molecule has 0 spiro atoms. The second kappa shape index (κ2) is 28.6. The van der Waals surface area contributed by atoms with Gasteiger partial charge in [-0.1, -0.05) is 116 Å². The zero-order valence-electron chi connectivity index (χ0n) is 32.5. The van der Waals surface area contributed by atoms with E-state index in [1.165, 1.54) is 6.92 Å². The van der Waals surface area contributed by atoms with Gasteiger partial charge in [-0.25, -0.2) is 0 Å². The lowest BCUT2D eigenvalue weighted by Crippen LogP contribution is -2.39. The number of hydrogen-bond donors (Lipinski definition) is 0. The van der Waals surface area contributed by atoms with Crippen LogP contribution in [0.15, 0.2) is 54.6 Å².